The van der Waals surface area contributed by atoms with Crippen molar-refractivity contribution in [3.05, 3.63) is 227 Å². The molecule has 3 heteroatoms. The molecule has 11 rings (SSSR count). The van der Waals surface area contributed by atoms with Crippen LogP contribution in [0.5, 0.6) is 0 Å². The Bertz CT molecular complexity index is 2570. The van der Waals surface area contributed by atoms with Gasteiger partial charge in [-0.1, -0.05) is 182 Å². The van der Waals surface area contributed by atoms with Crippen LogP contribution in [-0.2, 0) is 5.41 Å². The molecule has 252 valence electrons. The maximum Gasteiger partial charge on any atom is 0.0870 e. The average molecular weight is 680 g/mol. The molecule has 2 atom stereocenters. The smallest absolute Gasteiger partial charge is 0.0870 e. The molecule has 3 aliphatic rings. The SMILES string of the molecule is c1ccc(C2NC(c3ccccc3)NC(c3ccc4ccccc4c3-c3ccc4c(c3)C3(c5ccccc5-c5ccccc53)c3ccccc3-4)N2)cc1. The Morgan fingerprint density at radius 1 is 0.358 bits per heavy atom. The summed E-state index contributed by atoms with van der Waals surface area (Å²) in [6, 6.07) is 69.3. The molecule has 1 heterocycles. The second-order valence-corrected chi connectivity index (χ2v) is 14.5. The standard InChI is InChI=1S/C50H37N3/c1-3-16-33(17-4-1)47-51-48(34-18-5-2-6-19-34)53-49(52-47)41-30-27-32-15-7-8-20-36(32)46(41)35-28-29-40-39-23-11-14-26-44(39)50(45(40)31-35)42-24-12-9-21-37(42)38-22-10-13-25-43(38)50/h1-31,47-49,51-53H. The molecule has 3 N–H and O–H groups in total. The summed E-state index contributed by atoms with van der Waals surface area (Å²) in [5.41, 5.74) is 16.4. The van der Waals surface area contributed by atoms with Crippen LogP contribution in [0.15, 0.2) is 188 Å². The van der Waals surface area contributed by atoms with Crippen molar-refractivity contribution in [1.82, 2.24) is 16.0 Å². The van der Waals surface area contributed by atoms with Crippen LogP contribution in [0.2, 0.25) is 0 Å². The van der Waals surface area contributed by atoms with E-state index < -0.39 is 5.41 Å². The van der Waals surface area contributed by atoms with Gasteiger partial charge in [-0.3, -0.25) is 16.0 Å². The largest absolute Gasteiger partial charge is 0.279 e. The van der Waals surface area contributed by atoms with Crippen molar-refractivity contribution in [2.75, 3.05) is 0 Å². The molecule has 0 bridgehead atoms. The van der Waals surface area contributed by atoms with Crippen molar-refractivity contribution in [3.8, 4) is 33.4 Å². The number of rotatable bonds is 4. The fraction of sp³-hybridized carbons (Fsp3) is 0.0800. The molecule has 2 aliphatic carbocycles. The molecule has 1 aliphatic heterocycles. The van der Waals surface area contributed by atoms with Gasteiger partial charge in [0.2, 0.25) is 0 Å². The summed E-state index contributed by atoms with van der Waals surface area (Å²) in [5.74, 6) is 0. The van der Waals surface area contributed by atoms with Crippen molar-refractivity contribution in [2.24, 2.45) is 0 Å². The van der Waals surface area contributed by atoms with E-state index in [-0.39, 0.29) is 18.5 Å². The van der Waals surface area contributed by atoms with Gasteiger partial charge in [0.05, 0.1) is 23.9 Å². The topological polar surface area (TPSA) is 36.1 Å². The quantitative estimate of drug-likeness (QED) is 0.173. The fourth-order valence-corrected chi connectivity index (χ4v) is 9.60. The summed E-state index contributed by atoms with van der Waals surface area (Å²) in [7, 11) is 0. The van der Waals surface area contributed by atoms with E-state index in [0.29, 0.717) is 0 Å². The molecule has 0 saturated carbocycles. The summed E-state index contributed by atoms with van der Waals surface area (Å²) in [4.78, 5) is 0. The molecule has 1 spiro atoms. The monoisotopic (exact) mass is 679 g/mol. The van der Waals surface area contributed by atoms with E-state index in [1.54, 1.807) is 0 Å². The summed E-state index contributed by atoms with van der Waals surface area (Å²) in [5, 5.41) is 14.3. The molecule has 53 heavy (non-hydrogen) atoms. The van der Waals surface area contributed by atoms with Gasteiger partial charge in [0, 0.05) is 0 Å². The highest BCUT2D eigenvalue weighted by molar-refractivity contribution is 6.01. The van der Waals surface area contributed by atoms with Crippen LogP contribution in [0, 0.1) is 0 Å². The van der Waals surface area contributed by atoms with Crippen LogP contribution < -0.4 is 16.0 Å². The van der Waals surface area contributed by atoms with Crippen LogP contribution in [-0.4, -0.2) is 0 Å². The van der Waals surface area contributed by atoms with Gasteiger partial charge in [0.1, 0.15) is 0 Å². The Labute approximate surface area is 310 Å². The zero-order chi connectivity index (χ0) is 34.9. The van der Waals surface area contributed by atoms with Crippen molar-refractivity contribution in [1.29, 1.82) is 0 Å². The highest BCUT2D eigenvalue weighted by Gasteiger charge is 2.51. The first-order chi connectivity index (χ1) is 26.3. The molecule has 1 saturated heterocycles. The minimum absolute atomic E-state index is 0.0590. The van der Waals surface area contributed by atoms with Gasteiger partial charge in [-0.2, -0.15) is 0 Å². The van der Waals surface area contributed by atoms with Crippen molar-refractivity contribution < 1.29 is 0 Å². The summed E-state index contributed by atoms with van der Waals surface area (Å²) < 4.78 is 0. The number of benzene rings is 8. The van der Waals surface area contributed by atoms with Crippen LogP contribution in [0.4, 0.5) is 0 Å². The molecule has 0 amide bonds. The lowest BCUT2D eigenvalue weighted by atomic mass is 9.70. The molecule has 1 fully saturated rings. The van der Waals surface area contributed by atoms with E-state index in [4.69, 9.17) is 0 Å². The molecule has 8 aromatic carbocycles. The van der Waals surface area contributed by atoms with Gasteiger partial charge in [-0.25, -0.2) is 0 Å². The Morgan fingerprint density at radius 3 is 1.42 bits per heavy atom. The number of hydrogen-bond acceptors (Lipinski definition) is 3. The van der Waals surface area contributed by atoms with Crippen LogP contribution >= 0.6 is 0 Å². The van der Waals surface area contributed by atoms with Gasteiger partial charge < -0.3 is 0 Å². The Kier molecular flexibility index (Phi) is 6.90. The Balaban J connectivity index is 1.14. The molecular formula is C50H37N3. The summed E-state index contributed by atoms with van der Waals surface area (Å²) in [6.07, 6.45) is -0.258. The van der Waals surface area contributed by atoms with Crippen LogP contribution in [0.1, 0.15) is 57.4 Å². The number of hydrogen-bond donors (Lipinski definition) is 3. The summed E-state index contributed by atoms with van der Waals surface area (Å²) >= 11 is 0. The Hall–Kier alpha value is -6.10. The van der Waals surface area contributed by atoms with E-state index in [1.807, 2.05) is 0 Å². The lowest BCUT2D eigenvalue weighted by Crippen LogP contribution is -2.54. The molecule has 0 radical (unpaired) electrons. The number of fused-ring (bicyclic) bond motifs is 11. The van der Waals surface area contributed by atoms with E-state index in [1.165, 1.54) is 83.1 Å². The van der Waals surface area contributed by atoms with Gasteiger partial charge in [-0.05, 0) is 89.2 Å². The first-order valence-electron chi connectivity index (χ1n) is 18.6. The predicted molar refractivity (Wildman–Crippen MR) is 216 cm³/mol. The minimum Gasteiger partial charge on any atom is -0.279 e. The highest BCUT2D eigenvalue weighted by Crippen LogP contribution is 2.63. The third-order valence-electron chi connectivity index (χ3n) is 11.8. The van der Waals surface area contributed by atoms with E-state index >= 15 is 0 Å². The highest BCUT2D eigenvalue weighted by atomic mass is 15.4. The lowest BCUT2D eigenvalue weighted by Gasteiger charge is -2.40. The molecular weight excluding hydrogens is 643 g/mol. The van der Waals surface area contributed by atoms with Gasteiger partial charge in [0.25, 0.3) is 0 Å². The zero-order valence-corrected chi connectivity index (χ0v) is 29.1. The maximum atomic E-state index is 3.98. The summed E-state index contributed by atoms with van der Waals surface area (Å²) in [6.45, 7) is 0. The van der Waals surface area contributed by atoms with Gasteiger partial charge in [-0.15, -0.1) is 0 Å². The third kappa shape index (κ3) is 4.52. The maximum absolute atomic E-state index is 3.98. The normalized spacial score (nSPS) is 19.1. The second-order valence-electron chi connectivity index (χ2n) is 14.5. The fourth-order valence-electron chi connectivity index (χ4n) is 9.60. The first-order valence-corrected chi connectivity index (χ1v) is 18.6. The predicted octanol–water partition coefficient (Wildman–Crippen LogP) is 11.0. The van der Waals surface area contributed by atoms with Crippen molar-refractivity contribution >= 4 is 10.8 Å². The van der Waals surface area contributed by atoms with Gasteiger partial charge in [0.15, 0.2) is 0 Å². The minimum atomic E-state index is -0.401. The molecule has 0 aromatic heterocycles. The average Bonchev–Trinajstić information content (AvgIpc) is 3.71. The Morgan fingerprint density at radius 2 is 0.830 bits per heavy atom. The van der Waals surface area contributed by atoms with Crippen molar-refractivity contribution in [3.63, 3.8) is 0 Å². The third-order valence-corrected chi connectivity index (χ3v) is 11.8. The zero-order valence-electron chi connectivity index (χ0n) is 29.1. The number of nitrogens with one attached hydrogen (secondary N) is 3. The van der Waals surface area contributed by atoms with E-state index in [0.717, 1.165) is 0 Å². The van der Waals surface area contributed by atoms with Crippen LogP contribution in [0.3, 0.4) is 0 Å². The molecule has 3 nitrogen and oxygen atoms in total. The van der Waals surface area contributed by atoms with E-state index in [2.05, 4.69) is 204 Å². The second kappa shape index (κ2) is 12.0. The lowest BCUT2D eigenvalue weighted by molar-refractivity contribution is 0.203. The van der Waals surface area contributed by atoms with Crippen molar-refractivity contribution in [2.45, 2.75) is 23.9 Å². The molecule has 2 unspecified atom stereocenters. The first kappa shape index (κ1) is 30.5. The van der Waals surface area contributed by atoms with E-state index in [9.17, 15) is 0 Å². The van der Waals surface area contributed by atoms with Crippen LogP contribution in [0.25, 0.3) is 44.2 Å². The molecule has 8 aromatic rings. The van der Waals surface area contributed by atoms with Gasteiger partial charge >= 0.3 is 0 Å².